The SMILES string of the molecule is CC(C)(C)NC(=O)NC(=O)COC(=O)c1cccc(Cl)c1Cl. The van der Waals surface area contributed by atoms with Crippen LogP contribution in [0, 0.1) is 0 Å². The molecule has 0 radical (unpaired) electrons. The van der Waals surface area contributed by atoms with Crippen LogP contribution in [0.4, 0.5) is 4.79 Å². The number of ether oxygens (including phenoxy) is 1. The third-order valence-corrected chi connectivity index (χ3v) is 3.07. The zero-order valence-electron chi connectivity index (χ0n) is 12.3. The molecule has 0 spiro atoms. The molecule has 1 aromatic rings. The number of carbonyl (C=O) groups is 3. The molecule has 3 amide bonds. The van der Waals surface area contributed by atoms with Crippen molar-refractivity contribution >= 4 is 41.1 Å². The molecule has 0 saturated carbocycles. The van der Waals surface area contributed by atoms with Crippen molar-refractivity contribution in [3.8, 4) is 0 Å². The molecular weight excluding hydrogens is 331 g/mol. The number of nitrogens with one attached hydrogen (secondary N) is 2. The number of halogens is 2. The van der Waals surface area contributed by atoms with Crippen molar-refractivity contribution in [2.75, 3.05) is 6.61 Å². The van der Waals surface area contributed by atoms with Crippen molar-refractivity contribution in [1.29, 1.82) is 0 Å². The lowest BCUT2D eigenvalue weighted by atomic mass is 10.1. The quantitative estimate of drug-likeness (QED) is 0.824. The van der Waals surface area contributed by atoms with Crippen LogP contribution in [0.25, 0.3) is 0 Å². The van der Waals surface area contributed by atoms with Gasteiger partial charge in [0.15, 0.2) is 6.61 Å². The van der Waals surface area contributed by atoms with Crippen LogP contribution in [0.15, 0.2) is 18.2 Å². The zero-order valence-corrected chi connectivity index (χ0v) is 13.8. The second-order valence-corrected chi connectivity index (χ2v) is 6.21. The molecule has 0 aliphatic rings. The van der Waals surface area contributed by atoms with Gasteiger partial charge in [-0.05, 0) is 32.9 Å². The summed E-state index contributed by atoms with van der Waals surface area (Å²) in [7, 11) is 0. The summed E-state index contributed by atoms with van der Waals surface area (Å²) < 4.78 is 4.78. The Morgan fingerprint density at radius 2 is 1.82 bits per heavy atom. The van der Waals surface area contributed by atoms with Crippen molar-refractivity contribution in [2.24, 2.45) is 0 Å². The lowest BCUT2D eigenvalue weighted by Crippen LogP contribution is -2.49. The molecule has 0 aliphatic carbocycles. The maximum absolute atomic E-state index is 11.8. The lowest BCUT2D eigenvalue weighted by molar-refractivity contribution is -0.123. The molecule has 0 heterocycles. The minimum absolute atomic E-state index is 0.0417. The van der Waals surface area contributed by atoms with Crippen LogP contribution in [0.5, 0.6) is 0 Å². The van der Waals surface area contributed by atoms with Gasteiger partial charge in [0, 0.05) is 5.54 Å². The van der Waals surface area contributed by atoms with Gasteiger partial charge in [-0.1, -0.05) is 29.3 Å². The van der Waals surface area contributed by atoms with E-state index in [4.69, 9.17) is 27.9 Å². The minimum Gasteiger partial charge on any atom is -0.452 e. The Morgan fingerprint density at radius 3 is 2.41 bits per heavy atom. The van der Waals surface area contributed by atoms with Crippen molar-refractivity contribution in [3.63, 3.8) is 0 Å². The fourth-order valence-electron chi connectivity index (χ4n) is 1.40. The Hall–Kier alpha value is -1.79. The van der Waals surface area contributed by atoms with E-state index in [0.717, 1.165) is 0 Å². The minimum atomic E-state index is -0.807. The lowest BCUT2D eigenvalue weighted by Gasteiger charge is -2.20. The van der Waals surface area contributed by atoms with E-state index in [9.17, 15) is 14.4 Å². The third-order valence-electron chi connectivity index (χ3n) is 2.25. The fraction of sp³-hybridized carbons (Fsp3) is 0.357. The number of imide groups is 1. The van der Waals surface area contributed by atoms with E-state index < -0.39 is 30.1 Å². The van der Waals surface area contributed by atoms with Gasteiger partial charge in [-0.3, -0.25) is 10.1 Å². The zero-order chi connectivity index (χ0) is 16.9. The van der Waals surface area contributed by atoms with E-state index in [1.54, 1.807) is 20.8 Å². The Kier molecular flexibility index (Phi) is 6.20. The number of urea groups is 1. The summed E-state index contributed by atoms with van der Waals surface area (Å²) in [6.45, 7) is 4.67. The van der Waals surface area contributed by atoms with Crippen molar-refractivity contribution in [1.82, 2.24) is 10.6 Å². The average Bonchev–Trinajstić information content (AvgIpc) is 2.36. The smallest absolute Gasteiger partial charge is 0.340 e. The summed E-state index contributed by atoms with van der Waals surface area (Å²) in [6, 6.07) is 3.79. The van der Waals surface area contributed by atoms with Gasteiger partial charge < -0.3 is 10.1 Å². The number of rotatable bonds is 3. The molecular formula is C14H16Cl2N2O4. The number of esters is 1. The molecule has 0 bridgehead atoms. The van der Waals surface area contributed by atoms with Crippen LogP contribution >= 0.6 is 23.2 Å². The fourth-order valence-corrected chi connectivity index (χ4v) is 1.78. The summed E-state index contributed by atoms with van der Waals surface area (Å²) in [5, 5.41) is 4.82. The molecule has 2 N–H and O–H groups in total. The first-order valence-electron chi connectivity index (χ1n) is 6.33. The van der Waals surface area contributed by atoms with Crippen molar-refractivity contribution in [2.45, 2.75) is 26.3 Å². The van der Waals surface area contributed by atoms with Crippen molar-refractivity contribution < 1.29 is 19.1 Å². The number of hydrogen-bond donors (Lipinski definition) is 2. The average molecular weight is 347 g/mol. The van der Waals surface area contributed by atoms with Crippen LogP contribution in [0.3, 0.4) is 0 Å². The first-order valence-corrected chi connectivity index (χ1v) is 7.09. The number of benzene rings is 1. The summed E-state index contributed by atoms with van der Waals surface area (Å²) >= 11 is 11.6. The second-order valence-electron chi connectivity index (χ2n) is 5.43. The topological polar surface area (TPSA) is 84.5 Å². The maximum Gasteiger partial charge on any atom is 0.340 e. The Morgan fingerprint density at radius 1 is 1.18 bits per heavy atom. The first-order chi connectivity index (χ1) is 10.1. The molecule has 0 unspecified atom stereocenters. The van der Waals surface area contributed by atoms with Crippen molar-refractivity contribution in [3.05, 3.63) is 33.8 Å². The van der Waals surface area contributed by atoms with Gasteiger partial charge in [0.25, 0.3) is 5.91 Å². The summed E-state index contributed by atoms with van der Waals surface area (Å²) in [5.41, 5.74) is -0.448. The molecule has 1 rings (SSSR count). The molecule has 1 aromatic carbocycles. The molecule has 6 nitrogen and oxygen atoms in total. The van der Waals surface area contributed by atoms with Gasteiger partial charge in [-0.15, -0.1) is 0 Å². The number of amides is 3. The summed E-state index contributed by atoms with van der Waals surface area (Å²) in [6.07, 6.45) is 0. The third kappa shape index (κ3) is 5.91. The molecule has 22 heavy (non-hydrogen) atoms. The predicted octanol–water partition coefficient (Wildman–Crippen LogP) is 2.77. The van der Waals surface area contributed by atoms with Gasteiger partial charge in [0.1, 0.15) is 0 Å². The normalized spacial score (nSPS) is 10.8. The van der Waals surface area contributed by atoms with Gasteiger partial charge in [0.05, 0.1) is 15.6 Å². The highest BCUT2D eigenvalue weighted by atomic mass is 35.5. The Labute approximate surface area is 138 Å². The molecule has 0 fully saturated rings. The number of hydrogen-bond acceptors (Lipinski definition) is 4. The highest BCUT2D eigenvalue weighted by molar-refractivity contribution is 6.43. The van der Waals surface area contributed by atoms with E-state index in [1.807, 2.05) is 5.32 Å². The second kappa shape index (κ2) is 7.47. The van der Waals surface area contributed by atoms with Gasteiger partial charge in [-0.2, -0.15) is 0 Å². The van der Waals surface area contributed by atoms with Crippen LogP contribution in [0.1, 0.15) is 31.1 Å². The largest absolute Gasteiger partial charge is 0.452 e. The summed E-state index contributed by atoms with van der Waals surface area (Å²) in [5.74, 6) is -1.56. The van der Waals surface area contributed by atoms with E-state index >= 15 is 0 Å². The van der Waals surface area contributed by atoms with Crippen LogP contribution in [0.2, 0.25) is 10.0 Å². The molecule has 120 valence electrons. The van der Waals surface area contributed by atoms with E-state index in [2.05, 4.69) is 5.32 Å². The van der Waals surface area contributed by atoms with E-state index in [-0.39, 0.29) is 15.6 Å². The van der Waals surface area contributed by atoms with Crippen LogP contribution in [-0.2, 0) is 9.53 Å². The highest BCUT2D eigenvalue weighted by Crippen LogP contribution is 2.25. The van der Waals surface area contributed by atoms with Gasteiger partial charge in [0.2, 0.25) is 0 Å². The maximum atomic E-state index is 11.8. The van der Waals surface area contributed by atoms with E-state index in [1.165, 1.54) is 18.2 Å². The molecule has 8 heteroatoms. The first kappa shape index (κ1) is 18.3. The highest BCUT2D eigenvalue weighted by Gasteiger charge is 2.18. The van der Waals surface area contributed by atoms with Gasteiger partial charge >= 0.3 is 12.0 Å². The standard InChI is InChI=1S/C14H16Cl2N2O4/c1-14(2,3)18-13(21)17-10(19)7-22-12(20)8-5-4-6-9(15)11(8)16/h4-6H,7H2,1-3H3,(H2,17,18,19,21). The number of carbonyl (C=O) groups excluding carboxylic acids is 3. The predicted molar refractivity (Wildman–Crippen MR) is 83.2 cm³/mol. The van der Waals surface area contributed by atoms with Gasteiger partial charge in [-0.25, -0.2) is 9.59 Å². The Bertz CT molecular complexity index is 597. The summed E-state index contributed by atoms with van der Waals surface area (Å²) in [4.78, 5) is 34.8. The monoisotopic (exact) mass is 346 g/mol. The molecule has 0 aromatic heterocycles. The molecule has 0 atom stereocenters. The Balaban J connectivity index is 2.52. The van der Waals surface area contributed by atoms with E-state index in [0.29, 0.717) is 0 Å². The van der Waals surface area contributed by atoms with Crippen LogP contribution < -0.4 is 10.6 Å². The molecule has 0 aliphatic heterocycles. The molecule has 0 saturated heterocycles. The van der Waals surface area contributed by atoms with Crippen LogP contribution in [-0.4, -0.2) is 30.1 Å².